The summed E-state index contributed by atoms with van der Waals surface area (Å²) in [7, 11) is 0. The molecule has 2 aromatic heterocycles. The quantitative estimate of drug-likeness (QED) is 0.628. The Morgan fingerprint density at radius 3 is 2.80 bits per heavy atom. The number of hydrogen-bond donors (Lipinski definition) is 0. The fourth-order valence-corrected chi connectivity index (χ4v) is 4.33. The summed E-state index contributed by atoms with van der Waals surface area (Å²) < 4.78 is 8.47. The van der Waals surface area contributed by atoms with Gasteiger partial charge in [-0.25, -0.2) is 0 Å². The number of carbonyl (C=O) groups is 1. The van der Waals surface area contributed by atoms with Gasteiger partial charge in [0.25, 0.3) is 0 Å². The van der Waals surface area contributed by atoms with Crippen LogP contribution >= 0.6 is 0 Å². The summed E-state index contributed by atoms with van der Waals surface area (Å²) in [6.45, 7) is 4.17. The first kappa shape index (κ1) is 18.9. The van der Waals surface area contributed by atoms with Crippen LogP contribution in [0, 0.1) is 0 Å². The molecule has 3 aromatic rings. The van der Waals surface area contributed by atoms with E-state index in [0.717, 1.165) is 46.5 Å². The maximum absolute atomic E-state index is 12.4. The first-order valence-electron chi connectivity index (χ1n) is 10.6. The van der Waals surface area contributed by atoms with Crippen LogP contribution in [0.15, 0.2) is 49.1 Å². The molecular formula is C24H26N4O2. The molecule has 0 bridgehead atoms. The highest BCUT2D eigenvalue weighted by Crippen LogP contribution is 2.44. The lowest BCUT2D eigenvalue weighted by Crippen LogP contribution is -2.40. The molecule has 1 aromatic carbocycles. The molecule has 0 saturated heterocycles. The smallest absolute Gasteiger partial charge is 0.224 e. The van der Waals surface area contributed by atoms with Crippen LogP contribution in [0.3, 0.4) is 0 Å². The van der Waals surface area contributed by atoms with E-state index in [1.165, 1.54) is 12.8 Å². The van der Waals surface area contributed by atoms with Crippen molar-refractivity contribution in [2.75, 3.05) is 4.90 Å². The average molecular weight is 402 g/mol. The summed E-state index contributed by atoms with van der Waals surface area (Å²) in [5.74, 6) is 0.917. The summed E-state index contributed by atoms with van der Waals surface area (Å²) in [4.78, 5) is 18.5. The van der Waals surface area contributed by atoms with Crippen molar-refractivity contribution in [2.24, 2.45) is 0 Å². The second-order valence-electron chi connectivity index (χ2n) is 8.31. The summed E-state index contributed by atoms with van der Waals surface area (Å²) >= 11 is 0. The molecule has 1 aliphatic heterocycles. The van der Waals surface area contributed by atoms with Crippen molar-refractivity contribution in [1.29, 1.82) is 0 Å². The Labute approximate surface area is 176 Å². The largest absolute Gasteiger partial charge is 0.488 e. The van der Waals surface area contributed by atoms with Gasteiger partial charge in [0.2, 0.25) is 5.91 Å². The van der Waals surface area contributed by atoms with E-state index in [4.69, 9.17) is 4.74 Å². The van der Waals surface area contributed by atoms with Crippen molar-refractivity contribution in [3.63, 3.8) is 0 Å². The standard InChI is InChI=1S/C24H26N4O2/c1-16-5-8-22-23(28(16)17(2)29)10-9-21(19-13-26-27(14-19)20-6-7-20)24(22)30-15-18-4-3-11-25-12-18/h3-4,9-14,16,20H,5-8,15H2,1-2H3. The lowest BCUT2D eigenvalue weighted by molar-refractivity contribution is -0.117. The molecule has 0 spiro atoms. The SMILES string of the molecule is CC(=O)N1c2ccc(-c3cnn(C4CC4)c3)c(OCc3cccnc3)c2CCC1C. The van der Waals surface area contributed by atoms with Crippen molar-refractivity contribution in [3.8, 4) is 16.9 Å². The highest BCUT2D eigenvalue weighted by atomic mass is 16.5. The Hall–Kier alpha value is -3.15. The molecule has 0 N–H and O–H groups in total. The molecule has 154 valence electrons. The van der Waals surface area contributed by atoms with Crippen molar-refractivity contribution in [2.45, 2.75) is 58.2 Å². The maximum atomic E-state index is 12.4. The second kappa shape index (κ2) is 7.59. The molecule has 1 amide bonds. The number of amides is 1. The van der Waals surface area contributed by atoms with Gasteiger partial charge in [-0.2, -0.15) is 5.10 Å². The van der Waals surface area contributed by atoms with E-state index in [2.05, 4.69) is 40.0 Å². The zero-order chi connectivity index (χ0) is 20.7. The van der Waals surface area contributed by atoms with Gasteiger partial charge in [-0.05, 0) is 50.8 Å². The van der Waals surface area contributed by atoms with Crippen LogP contribution in [0.2, 0.25) is 0 Å². The summed E-state index contributed by atoms with van der Waals surface area (Å²) in [6.07, 6.45) is 11.8. The molecule has 2 aliphatic rings. The van der Waals surface area contributed by atoms with Gasteiger partial charge in [-0.1, -0.05) is 6.07 Å². The van der Waals surface area contributed by atoms with E-state index < -0.39 is 0 Å². The van der Waals surface area contributed by atoms with Crippen LogP contribution in [0.25, 0.3) is 11.1 Å². The van der Waals surface area contributed by atoms with E-state index in [1.54, 1.807) is 13.1 Å². The van der Waals surface area contributed by atoms with Crippen LogP contribution in [0.5, 0.6) is 5.75 Å². The highest BCUT2D eigenvalue weighted by Gasteiger charge is 2.30. The number of carbonyl (C=O) groups excluding carboxylic acids is 1. The summed E-state index contributed by atoms with van der Waals surface area (Å²) in [6, 6.07) is 8.78. The Bertz CT molecular complexity index is 1070. The van der Waals surface area contributed by atoms with E-state index in [-0.39, 0.29) is 11.9 Å². The van der Waals surface area contributed by atoms with Crippen LogP contribution in [0.1, 0.15) is 50.3 Å². The Morgan fingerprint density at radius 2 is 2.07 bits per heavy atom. The minimum Gasteiger partial charge on any atom is -0.488 e. The summed E-state index contributed by atoms with van der Waals surface area (Å²) in [5, 5.41) is 4.57. The number of fused-ring (bicyclic) bond motifs is 1. The van der Waals surface area contributed by atoms with E-state index in [0.29, 0.717) is 12.6 Å². The summed E-state index contributed by atoms with van der Waals surface area (Å²) in [5.41, 5.74) is 5.16. The maximum Gasteiger partial charge on any atom is 0.224 e. The van der Waals surface area contributed by atoms with Crippen molar-refractivity contribution in [3.05, 3.63) is 60.2 Å². The molecule has 5 rings (SSSR count). The van der Waals surface area contributed by atoms with E-state index >= 15 is 0 Å². The predicted octanol–water partition coefficient (Wildman–Crippen LogP) is 4.55. The molecule has 1 atom stereocenters. The predicted molar refractivity (Wildman–Crippen MR) is 115 cm³/mol. The van der Waals surface area contributed by atoms with Gasteiger partial charge in [-0.15, -0.1) is 0 Å². The molecular weight excluding hydrogens is 376 g/mol. The van der Waals surface area contributed by atoms with Gasteiger partial charge >= 0.3 is 0 Å². The van der Waals surface area contributed by atoms with Crippen molar-refractivity contribution in [1.82, 2.24) is 14.8 Å². The molecule has 1 fully saturated rings. The third kappa shape index (κ3) is 3.47. The van der Waals surface area contributed by atoms with Gasteiger partial charge in [-0.3, -0.25) is 14.5 Å². The van der Waals surface area contributed by atoms with Gasteiger partial charge in [0.1, 0.15) is 12.4 Å². The third-order valence-corrected chi connectivity index (χ3v) is 6.03. The molecule has 3 heterocycles. The van der Waals surface area contributed by atoms with Crippen molar-refractivity contribution < 1.29 is 9.53 Å². The van der Waals surface area contributed by atoms with E-state index in [9.17, 15) is 4.79 Å². The molecule has 6 nitrogen and oxygen atoms in total. The zero-order valence-corrected chi connectivity index (χ0v) is 17.4. The molecule has 1 aliphatic carbocycles. The Kier molecular flexibility index (Phi) is 4.77. The van der Waals surface area contributed by atoms with Crippen LogP contribution in [0.4, 0.5) is 5.69 Å². The van der Waals surface area contributed by atoms with E-state index in [1.807, 2.05) is 29.4 Å². The van der Waals surface area contributed by atoms with Gasteiger partial charge < -0.3 is 9.64 Å². The van der Waals surface area contributed by atoms with Crippen molar-refractivity contribution >= 4 is 11.6 Å². The lowest BCUT2D eigenvalue weighted by atomic mass is 9.92. The molecule has 0 radical (unpaired) electrons. The minimum absolute atomic E-state index is 0.0657. The zero-order valence-electron chi connectivity index (χ0n) is 17.4. The first-order valence-corrected chi connectivity index (χ1v) is 10.6. The normalized spacial score (nSPS) is 18.2. The topological polar surface area (TPSA) is 60.2 Å². The number of rotatable bonds is 5. The molecule has 6 heteroatoms. The van der Waals surface area contributed by atoms with Gasteiger partial charge in [0.15, 0.2) is 0 Å². The number of anilines is 1. The molecule has 1 saturated carbocycles. The lowest BCUT2D eigenvalue weighted by Gasteiger charge is -2.36. The number of benzene rings is 1. The molecule has 1 unspecified atom stereocenters. The van der Waals surface area contributed by atoms with Gasteiger partial charge in [0.05, 0.1) is 17.9 Å². The van der Waals surface area contributed by atoms with Gasteiger partial charge in [0, 0.05) is 53.8 Å². The third-order valence-electron chi connectivity index (χ3n) is 6.03. The highest BCUT2D eigenvalue weighted by molar-refractivity contribution is 5.95. The van der Waals surface area contributed by atoms with Crippen LogP contribution < -0.4 is 9.64 Å². The average Bonchev–Trinajstić information content (AvgIpc) is 3.49. The number of aromatic nitrogens is 3. The number of ether oxygens (including phenoxy) is 1. The molecule has 30 heavy (non-hydrogen) atoms. The minimum atomic E-state index is 0.0657. The van der Waals surface area contributed by atoms with Crippen LogP contribution in [-0.2, 0) is 17.8 Å². The monoisotopic (exact) mass is 402 g/mol. The number of pyridine rings is 1. The number of hydrogen-bond acceptors (Lipinski definition) is 4. The second-order valence-corrected chi connectivity index (χ2v) is 8.31. The Morgan fingerprint density at radius 1 is 1.20 bits per heavy atom. The fraction of sp³-hybridized carbons (Fsp3) is 0.375. The van der Waals surface area contributed by atoms with Crippen LogP contribution in [-0.4, -0.2) is 26.7 Å². The number of nitrogens with zero attached hydrogens (tertiary/aromatic N) is 4. The Balaban J connectivity index is 1.58. The first-order chi connectivity index (χ1) is 14.6. The fourth-order valence-electron chi connectivity index (χ4n) is 4.33.